The molecule has 156 valence electrons. The summed E-state index contributed by atoms with van der Waals surface area (Å²) in [6, 6.07) is 25.5. The molecule has 2 atom stereocenters. The Morgan fingerprint density at radius 2 is 1.50 bits per heavy atom. The quantitative estimate of drug-likeness (QED) is 0.513. The van der Waals surface area contributed by atoms with E-state index in [1.54, 1.807) is 14.2 Å². The molecule has 0 aliphatic heterocycles. The standard InChI is InChI=1S/C25H27ClN2O2/c1-27-25(29)24(20-6-4-3-5-7-20)28-17-16-23(18-8-12-21(26)13-9-18)19-10-14-22(30-2)15-11-19/h3-15,23-24,28H,16-17H2,1-2H3,(H,27,29)/t23-,24-/m1/s1. The van der Waals surface area contributed by atoms with E-state index in [1.165, 1.54) is 11.1 Å². The summed E-state index contributed by atoms with van der Waals surface area (Å²) in [6.45, 7) is 0.673. The first-order valence-corrected chi connectivity index (χ1v) is 10.4. The van der Waals surface area contributed by atoms with E-state index in [9.17, 15) is 4.79 Å². The first kappa shape index (κ1) is 21.9. The molecule has 0 aliphatic carbocycles. The first-order chi connectivity index (χ1) is 14.6. The molecule has 0 bridgehead atoms. The van der Waals surface area contributed by atoms with E-state index < -0.39 is 6.04 Å². The molecule has 3 aromatic carbocycles. The highest BCUT2D eigenvalue weighted by molar-refractivity contribution is 6.30. The van der Waals surface area contributed by atoms with Gasteiger partial charge in [-0.15, -0.1) is 0 Å². The molecule has 0 heterocycles. The molecule has 0 fully saturated rings. The van der Waals surface area contributed by atoms with E-state index in [-0.39, 0.29) is 11.8 Å². The van der Waals surface area contributed by atoms with Crippen LogP contribution in [0.15, 0.2) is 78.9 Å². The lowest BCUT2D eigenvalue weighted by Gasteiger charge is -2.22. The lowest BCUT2D eigenvalue weighted by Crippen LogP contribution is -2.36. The monoisotopic (exact) mass is 422 g/mol. The Morgan fingerprint density at radius 1 is 0.900 bits per heavy atom. The van der Waals surface area contributed by atoms with Crippen molar-refractivity contribution in [2.24, 2.45) is 0 Å². The lowest BCUT2D eigenvalue weighted by atomic mass is 9.88. The number of hydrogen-bond donors (Lipinski definition) is 2. The van der Waals surface area contributed by atoms with Crippen molar-refractivity contribution < 1.29 is 9.53 Å². The Labute approximate surface area is 183 Å². The van der Waals surface area contributed by atoms with Crippen molar-refractivity contribution in [3.05, 3.63) is 101 Å². The average Bonchev–Trinajstić information content (AvgIpc) is 2.80. The fraction of sp³-hybridized carbons (Fsp3) is 0.240. The minimum atomic E-state index is -0.391. The molecule has 0 aliphatic rings. The van der Waals surface area contributed by atoms with Crippen LogP contribution in [0.1, 0.15) is 35.1 Å². The molecule has 0 aromatic heterocycles. The highest BCUT2D eigenvalue weighted by Gasteiger charge is 2.20. The highest BCUT2D eigenvalue weighted by Crippen LogP contribution is 2.30. The van der Waals surface area contributed by atoms with Gasteiger partial charge in [-0.3, -0.25) is 4.79 Å². The largest absolute Gasteiger partial charge is 0.497 e. The molecular weight excluding hydrogens is 396 g/mol. The SMILES string of the molecule is CNC(=O)[C@H](NCC[C@H](c1ccc(Cl)cc1)c1ccc(OC)cc1)c1ccccc1. The second-order valence-electron chi connectivity index (χ2n) is 7.08. The van der Waals surface area contributed by atoms with Crippen molar-refractivity contribution in [2.75, 3.05) is 20.7 Å². The molecule has 5 heteroatoms. The molecule has 30 heavy (non-hydrogen) atoms. The van der Waals surface area contributed by atoms with Gasteiger partial charge in [0.05, 0.1) is 7.11 Å². The van der Waals surface area contributed by atoms with Gasteiger partial charge in [-0.05, 0) is 53.9 Å². The summed E-state index contributed by atoms with van der Waals surface area (Å²) in [5.74, 6) is 0.950. The van der Waals surface area contributed by atoms with Crippen LogP contribution < -0.4 is 15.4 Å². The van der Waals surface area contributed by atoms with Crippen LogP contribution in [0.4, 0.5) is 0 Å². The Bertz CT molecular complexity index is 928. The van der Waals surface area contributed by atoms with Gasteiger partial charge in [0.25, 0.3) is 0 Å². The van der Waals surface area contributed by atoms with Gasteiger partial charge in [-0.25, -0.2) is 0 Å². The van der Waals surface area contributed by atoms with Crippen molar-refractivity contribution >= 4 is 17.5 Å². The maximum atomic E-state index is 12.4. The third-order valence-corrected chi connectivity index (χ3v) is 5.47. The third kappa shape index (κ3) is 5.62. The summed E-state index contributed by atoms with van der Waals surface area (Å²) in [5, 5.41) is 6.90. The van der Waals surface area contributed by atoms with Gasteiger partial charge in [0.15, 0.2) is 0 Å². The fourth-order valence-electron chi connectivity index (χ4n) is 3.58. The van der Waals surface area contributed by atoms with E-state index in [1.807, 2.05) is 54.6 Å². The number of methoxy groups -OCH3 is 1. The van der Waals surface area contributed by atoms with Crippen molar-refractivity contribution in [1.82, 2.24) is 10.6 Å². The minimum absolute atomic E-state index is 0.0475. The molecule has 0 saturated heterocycles. The van der Waals surface area contributed by atoms with Crippen LogP contribution in [-0.4, -0.2) is 26.6 Å². The topological polar surface area (TPSA) is 50.4 Å². The number of carbonyl (C=O) groups is 1. The molecule has 2 N–H and O–H groups in total. The van der Waals surface area contributed by atoms with E-state index in [0.29, 0.717) is 11.6 Å². The predicted molar refractivity (Wildman–Crippen MR) is 122 cm³/mol. The molecule has 3 aromatic rings. The third-order valence-electron chi connectivity index (χ3n) is 5.21. The number of rotatable bonds is 9. The number of nitrogens with one attached hydrogen (secondary N) is 2. The average molecular weight is 423 g/mol. The fourth-order valence-corrected chi connectivity index (χ4v) is 3.71. The summed E-state index contributed by atoms with van der Waals surface area (Å²) >= 11 is 6.09. The first-order valence-electron chi connectivity index (χ1n) is 10.0. The highest BCUT2D eigenvalue weighted by atomic mass is 35.5. The van der Waals surface area contributed by atoms with Gasteiger partial charge in [-0.2, -0.15) is 0 Å². The Hall–Kier alpha value is -2.82. The Kier molecular flexibility index (Phi) is 7.89. The molecular formula is C25H27ClN2O2. The maximum Gasteiger partial charge on any atom is 0.241 e. The molecule has 1 amide bonds. The number of likely N-dealkylation sites (N-methyl/N-ethyl adjacent to an activating group) is 1. The van der Waals surface area contributed by atoms with Gasteiger partial charge in [0.2, 0.25) is 5.91 Å². The summed E-state index contributed by atoms with van der Waals surface area (Å²) in [7, 11) is 3.33. The van der Waals surface area contributed by atoms with Crippen LogP contribution in [0.3, 0.4) is 0 Å². The number of hydrogen-bond acceptors (Lipinski definition) is 3. The van der Waals surface area contributed by atoms with E-state index in [0.717, 1.165) is 17.7 Å². The van der Waals surface area contributed by atoms with E-state index in [2.05, 4.69) is 34.9 Å². The maximum absolute atomic E-state index is 12.4. The second-order valence-corrected chi connectivity index (χ2v) is 7.51. The molecule has 0 radical (unpaired) electrons. The van der Waals surface area contributed by atoms with Gasteiger partial charge in [0.1, 0.15) is 11.8 Å². The number of carbonyl (C=O) groups excluding carboxylic acids is 1. The second kappa shape index (κ2) is 10.8. The summed E-state index contributed by atoms with van der Waals surface area (Å²) in [5.41, 5.74) is 3.32. The van der Waals surface area contributed by atoms with Crippen molar-refractivity contribution in [3.8, 4) is 5.75 Å². The van der Waals surface area contributed by atoms with Crippen LogP contribution >= 0.6 is 11.6 Å². The Morgan fingerprint density at radius 3 is 2.07 bits per heavy atom. The predicted octanol–water partition coefficient (Wildman–Crippen LogP) is 4.95. The van der Waals surface area contributed by atoms with E-state index in [4.69, 9.17) is 16.3 Å². The zero-order valence-electron chi connectivity index (χ0n) is 17.3. The normalized spacial score (nSPS) is 12.8. The van der Waals surface area contributed by atoms with Crippen molar-refractivity contribution in [1.29, 1.82) is 0 Å². The summed E-state index contributed by atoms with van der Waals surface area (Å²) in [4.78, 5) is 12.4. The van der Waals surface area contributed by atoms with Gasteiger partial charge < -0.3 is 15.4 Å². The van der Waals surface area contributed by atoms with Gasteiger partial charge >= 0.3 is 0 Å². The minimum Gasteiger partial charge on any atom is -0.497 e. The van der Waals surface area contributed by atoms with Crippen LogP contribution in [-0.2, 0) is 4.79 Å². The number of ether oxygens (including phenoxy) is 1. The Balaban J connectivity index is 1.78. The van der Waals surface area contributed by atoms with E-state index >= 15 is 0 Å². The smallest absolute Gasteiger partial charge is 0.241 e. The summed E-state index contributed by atoms with van der Waals surface area (Å²) < 4.78 is 5.30. The van der Waals surface area contributed by atoms with Gasteiger partial charge in [-0.1, -0.05) is 66.2 Å². The summed E-state index contributed by atoms with van der Waals surface area (Å²) in [6.07, 6.45) is 0.828. The molecule has 3 rings (SSSR count). The molecule has 0 spiro atoms. The lowest BCUT2D eigenvalue weighted by molar-refractivity contribution is -0.122. The van der Waals surface area contributed by atoms with Crippen LogP contribution in [0.25, 0.3) is 0 Å². The van der Waals surface area contributed by atoms with Crippen molar-refractivity contribution in [2.45, 2.75) is 18.4 Å². The molecule has 4 nitrogen and oxygen atoms in total. The number of benzene rings is 3. The van der Waals surface area contributed by atoms with Crippen LogP contribution in [0, 0.1) is 0 Å². The number of amides is 1. The molecule has 0 saturated carbocycles. The van der Waals surface area contributed by atoms with Gasteiger partial charge in [0, 0.05) is 18.0 Å². The molecule has 0 unspecified atom stereocenters. The zero-order valence-corrected chi connectivity index (χ0v) is 18.0. The van der Waals surface area contributed by atoms with Crippen LogP contribution in [0.2, 0.25) is 5.02 Å². The van der Waals surface area contributed by atoms with Crippen molar-refractivity contribution in [3.63, 3.8) is 0 Å². The van der Waals surface area contributed by atoms with Crippen LogP contribution in [0.5, 0.6) is 5.75 Å². The number of halogens is 1. The zero-order chi connectivity index (χ0) is 21.3.